The van der Waals surface area contributed by atoms with E-state index in [1.165, 1.54) is 4.90 Å². The third-order valence-corrected chi connectivity index (χ3v) is 6.52. The van der Waals surface area contributed by atoms with Crippen LogP contribution < -0.4 is 10.6 Å². The van der Waals surface area contributed by atoms with Gasteiger partial charge in [-0.1, -0.05) is 35.5 Å². The lowest BCUT2D eigenvalue weighted by Crippen LogP contribution is -2.52. The van der Waals surface area contributed by atoms with E-state index in [0.717, 1.165) is 0 Å². The van der Waals surface area contributed by atoms with Gasteiger partial charge in [0.15, 0.2) is 11.3 Å². The van der Waals surface area contributed by atoms with Crippen molar-refractivity contribution in [3.05, 3.63) is 35.9 Å². The molecule has 1 aromatic rings. The molecule has 182 valence electrons. The van der Waals surface area contributed by atoms with Crippen LogP contribution in [-0.2, 0) is 16.1 Å². The maximum Gasteiger partial charge on any atom is 0.353 e. The molecule has 3 aliphatic rings. The van der Waals surface area contributed by atoms with E-state index in [1.807, 2.05) is 0 Å². The second-order valence-corrected chi connectivity index (χ2v) is 9.41. The Morgan fingerprint density at radius 3 is 2.65 bits per heavy atom. The monoisotopic (exact) mass is 475 g/mol. The number of rotatable bonds is 9. The standard InChI is InChI=1S/C23H27F2N5O4/c24-23(25,10-16-4-2-1-3-5-16)11-17(13-27-21(14-26)6-7-21)28-20(33)30-9-8-22(15-30)12-18(19(31)32)29-34-22/h1-5,17,27H,6-13,15H2,(H,28,33)(H,31,32)/t17-,22?/m0/s1. The van der Waals surface area contributed by atoms with Crippen LogP contribution in [0.4, 0.5) is 13.6 Å². The molecule has 0 bridgehead atoms. The van der Waals surface area contributed by atoms with Crippen LogP contribution in [0.2, 0.25) is 0 Å². The first kappa shape index (κ1) is 23.9. The molecule has 34 heavy (non-hydrogen) atoms. The van der Waals surface area contributed by atoms with Crippen LogP contribution in [0.5, 0.6) is 0 Å². The van der Waals surface area contributed by atoms with Gasteiger partial charge in [-0.05, 0) is 18.4 Å². The molecule has 2 amide bonds. The number of halogens is 2. The SMILES string of the molecule is N#CC1(NC[C@H](CC(F)(F)Cc2ccccc2)NC(=O)N2CCC3(CC(C(=O)O)=NO3)C2)CC1. The maximum absolute atomic E-state index is 14.9. The highest BCUT2D eigenvalue weighted by atomic mass is 19.3. The first-order valence-corrected chi connectivity index (χ1v) is 11.3. The summed E-state index contributed by atoms with van der Waals surface area (Å²) in [6.45, 7) is 0.435. The Labute approximate surface area is 195 Å². The summed E-state index contributed by atoms with van der Waals surface area (Å²) < 4.78 is 29.8. The number of oxime groups is 1. The van der Waals surface area contributed by atoms with Crippen molar-refractivity contribution in [2.75, 3.05) is 19.6 Å². The van der Waals surface area contributed by atoms with Gasteiger partial charge >= 0.3 is 12.0 Å². The quantitative estimate of drug-likeness (QED) is 0.503. The molecule has 3 N–H and O–H groups in total. The topological polar surface area (TPSA) is 127 Å². The molecule has 2 aliphatic heterocycles. The second kappa shape index (κ2) is 9.18. The van der Waals surface area contributed by atoms with Crippen LogP contribution in [0.3, 0.4) is 0 Å². The first-order valence-electron chi connectivity index (χ1n) is 11.3. The summed E-state index contributed by atoms with van der Waals surface area (Å²) in [6.07, 6.45) is 0.705. The summed E-state index contributed by atoms with van der Waals surface area (Å²) >= 11 is 0. The fourth-order valence-corrected chi connectivity index (χ4v) is 4.41. The Morgan fingerprint density at radius 1 is 1.29 bits per heavy atom. The fourth-order valence-electron chi connectivity index (χ4n) is 4.41. The van der Waals surface area contributed by atoms with E-state index in [2.05, 4.69) is 21.9 Å². The summed E-state index contributed by atoms with van der Waals surface area (Å²) in [5.74, 6) is -4.24. The minimum absolute atomic E-state index is 0.0332. The molecule has 0 radical (unpaired) electrons. The Bertz CT molecular complexity index is 1010. The molecule has 1 unspecified atom stereocenters. The maximum atomic E-state index is 14.9. The molecule has 2 atom stereocenters. The number of carboxylic acids is 1. The van der Waals surface area contributed by atoms with E-state index >= 15 is 0 Å². The summed E-state index contributed by atoms with van der Waals surface area (Å²) in [6, 6.07) is 9.14. The van der Waals surface area contributed by atoms with E-state index < -0.39 is 47.9 Å². The fraction of sp³-hybridized carbons (Fsp3) is 0.565. The third kappa shape index (κ3) is 5.62. The number of aliphatic carboxylic acids is 1. The Balaban J connectivity index is 1.38. The van der Waals surface area contributed by atoms with Gasteiger partial charge in [-0.2, -0.15) is 5.26 Å². The minimum Gasteiger partial charge on any atom is -0.477 e. The third-order valence-electron chi connectivity index (χ3n) is 6.52. The van der Waals surface area contributed by atoms with E-state index in [1.54, 1.807) is 30.3 Å². The van der Waals surface area contributed by atoms with Crippen molar-refractivity contribution >= 4 is 17.7 Å². The lowest BCUT2D eigenvalue weighted by Gasteiger charge is -2.28. The van der Waals surface area contributed by atoms with Gasteiger partial charge < -0.3 is 20.2 Å². The highest BCUT2D eigenvalue weighted by Crippen LogP contribution is 2.35. The first-order chi connectivity index (χ1) is 16.1. The number of benzene rings is 1. The molecule has 2 heterocycles. The van der Waals surface area contributed by atoms with Crippen LogP contribution in [0.15, 0.2) is 35.5 Å². The van der Waals surface area contributed by atoms with Gasteiger partial charge in [-0.3, -0.25) is 5.32 Å². The number of amides is 2. The molecular weight excluding hydrogens is 448 g/mol. The van der Waals surface area contributed by atoms with Crippen LogP contribution in [-0.4, -0.2) is 70.5 Å². The minimum atomic E-state index is -3.07. The van der Waals surface area contributed by atoms with Gasteiger partial charge in [0.05, 0.1) is 12.6 Å². The lowest BCUT2D eigenvalue weighted by atomic mass is 9.97. The van der Waals surface area contributed by atoms with Crippen LogP contribution in [0.25, 0.3) is 0 Å². The number of nitrogens with zero attached hydrogens (tertiary/aromatic N) is 3. The van der Waals surface area contributed by atoms with Gasteiger partial charge in [-0.25, -0.2) is 18.4 Å². The van der Waals surface area contributed by atoms with Crippen molar-refractivity contribution < 1.29 is 28.3 Å². The molecule has 1 saturated carbocycles. The molecule has 1 saturated heterocycles. The van der Waals surface area contributed by atoms with Crippen molar-refractivity contribution in [3.63, 3.8) is 0 Å². The van der Waals surface area contributed by atoms with E-state index in [0.29, 0.717) is 24.8 Å². The average molecular weight is 475 g/mol. The summed E-state index contributed by atoms with van der Waals surface area (Å²) in [5, 5.41) is 27.7. The second-order valence-electron chi connectivity index (χ2n) is 9.41. The van der Waals surface area contributed by atoms with Gasteiger partial charge in [0.25, 0.3) is 5.92 Å². The van der Waals surface area contributed by atoms with E-state index in [9.17, 15) is 23.6 Å². The van der Waals surface area contributed by atoms with Crippen molar-refractivity contribution in [1.82, 2.24) is 15.5 Å². The summed E-state index contributed by atoms with van der Waals surface area (Å²) in [4.78, 5) is 30.8. The molecule has 4 rings (SSSR count). The number of alkyl halides is 2. The molecular formula is C23H27F2N5O4. The van der Waals surface area contributed by atoms with E-state index in [4.69, 9.17) is 9.94 Å². The normalized spacial score (nSPS) is 23.7. The number of carboxylic acid groups (broad SMARTS) is 1. The number of nitrogens with one attached hydrogen (secondary N) is 2. The van der Waals surface area contributed by atoms with Gasteiger partial charge in [0.1, 0.15) is 5.54 Å². The number of hydrogen-bond acceptors (Lipinski definition) is 6. The van der Waals surface area contributed by atoms with Crippen LogP contribution in [0.1, 0.15) is 37.7 Å². The molecule has 1 aromatic carbocycles. The molecule has 2 fully saturated rings. The molecule has 1 spiro atoms. The average Bonchev–Trinajstić information content (AvgIpc) is 3.26. The molecule has 0 aromatic heterocycles. The zero-order valence-corrected chi connectivity index (χ0v) is 18.6. The van der Waals surface area contributed by atoms with Crippen molar-refractivity contribution in [2.45, 2.75) is 61.6 Å². The van der Waals surface area contributed by atoms with Crippen LogP contribution >= 0.6 is 0 Å². The van der Waals surface area contributed by atoms with Crippen molar-refractivity contribution in [2.24, 2.45) is 5.16 Å². The highest BCUT2D eigenvalue weighted by Gasteiger charge is 2.49. The largest absolute Gasteiger partial charge is 0.477 e. The Morgan fingerprint density at radius 2 is 2.03 bits per heavy atom. The van der Waals surface area contributed by atoms with Crippen LogP contribution in [0, 0.1) is 11.3 Å². The zero-order valence-electron chi connectivity index (χ0n) is 18.6. The van der Waals surface area contributed by atoms with E-state index in [-0.39, 0.29) is 31.8 Å². The number of hydrogen-bond donors (Lipinski definition) is 3. The number of likely N-dealkylation sites (tertiary alicyclic amines) is 1. The van der Waals surface area contributed by atoms with Crippen molar-refractivity contribution in [3.8, 4) is 6.07 Å². The predicted molar refractivity (Wildman–Crippen MR) is 117 cm³/mol. The Hall–Kier alpha value is -3.26. The van der Waals surface area contributed by atoms with Gasteiger partial charge in [-0.15, -0.1) is 0 Å². The zero-order chi connectivity index (χ0) is 24.4. The molecule has 9 nitrogen and oxygen atoms in total. The van der Waals surface area contributed by atoms with Gasteiger partial charge in [0, 0.05) is 44.8 Å². The molecule has 1 aliphatic carbocycles. The number of nitriles is 1. The molecule has 11 heteroatoms. The van der Waals surface area contributed by atoms with Gasteiger partial charge in [0.2, 0.25) is 0 Å². The smallest absolute Gasteiger partial charge is 0.353 e. The summed E-state index contributed by atoms with van der Waals surface area (Å²) in [7, 11) is 0. The lowest BCUT2D eigenvalue weighted by molar-refractivity contribution is -0.129. The summed E-state index contributed by atoms with van der Waals surface area (Å²) in [5.41, 5.74) is -1.21. The predicted octanol–water partition coefficient (Wildman–Crippen LogP) is 2.28. The number of urea groups is 1. The number of carbonyl (C=O) groups is 2. The van der Waals surface area contributed by atoms with Crippen molar-refractivity contribution in [1.29, 1.82) is 5.26 Å². The Kier molecular flexibility index (Phi) is 6.45. The number of carbonyl (C=O) groups excluding carboxylic acids is 1. The highest BCUT2D eigenvalue weighted by molar-refractivity contribution is 6.36.